The zero-order chi connectivity index (χ0) is 14.6. The van der Waals surface area contributed by atoms with Crippen molar-refractivity contribution in [2.75, 3.05) is 7.11 Å². The van der Waals surface area contributed by atoms with E-state index in [1.807, 2.05) is 12.1 Å². The van der Waals surface area contributed by atoms with Crippen LogP contribution in [0.3, 0.4) is 0 Å². The molecule has 2 fully saturated rings. The first-order valence-corrected chi connectivity index (χ1v) is 7.66. The maximum absolute atomic E-state index is 11.8. The van der Waals surface area contributed by atoms with Crippen LogP contribution in [0.2, 0.25) is 0 Å². The number of benzene rings is 1. The Morgan fingerprint density at radius 3 is 2.55 bits per heavy atom. The topological polar surface area (TPSA) is 29.5 Å². The van der Waals surface area contributed by atoms with Gasteiger partial charge < -0.3 is 9.84 Å². The summed E-state index contributed by atoms with van der Waals surface area (Å²) in [6.07, 6.45) is 3.51. The Kier molecular flexibility index (Phi) is 3.04. The number of fused-ring (bicyclic) bond motifs is 2. The average Bonchev–Trinajstić information content (AvgIpc) is 2.88. The summed E-state index contributed by atoms with van der Waals surface area (Å²) >= 11 is 0. The molecule has 0 amide bonds. The molecule has 0 saturated heterocycles. The highest BCUT2D eigenvalue weighted by molar-refractivity contribution is 5.39. The van der Waals surface area contributed by atoms with Crippen LogP contribution in [0, 0.1) is 16.7 Å². The van der Waals surface area contributed by atoms with E-state index in [0.29, 0.717) is 12.5 Å². The lowest BCUT2D eigenvalue weighted by Crippen LogP contribution is -2.51. The van der Waals surface area contributed by atoms with Crippen LogP contribution in [0.4, 0.5) is 0 Å². The zero-order valence-electron chi connectivity index (χ0n) is 13.1. The van der Waals surface area contributed by atoms with Gasteiger partial charge in [-0.1, -0.05) is 45.0 Å². The molecule has 0 aliphatic heterocycles. The van der Waals surface area contributed by atoms with Gasteiger partial charge in [0.1, 0.15) is 5.60 Å². The second kappa shape index (κ2) is 4.32. The van der Waals surface area contributed by atoms with Crippen molar-refractivity contribution in [3.63, 3.8) is 0 Å². The van der Waals surface area contributed by atoms with Gasteiger partial charge in [0.05, 0.1) is 6.61 Å². The lowest BCUT2D eigenvalue weighted by atomic mass is 9.57. The smallest absolute Gasteiger partial charge is 0.101 e. The molecule has 1 aromatic carbocycles. The summed E-state index contributed by atoms with van der Waals surface area (Å²) in [5.74, 6) is 0.619. The minimum absolute atomic E-state index is 0.00892. The number of hydrogen-bond donors (Lipinski definition) is 1. The van der Waals surface area contributed by atoms with Crippen molar-refractivity contribution in [1.29, 1.82) is 0 Å². The summed E-state index contributed by atoms with van der Waals surface area (Å²) < 4.78 is 5.34. The van der Waals surface area contributed by atoms with E-state index in [1.54, 1.807) is 7.11 Å². The van der Waals surface area contributed by atoms with E-state index in [2.05, 4.69) is 32.9 Å². The summed E-state index contributed by atoms with van der Waals surface area (Å²) in [7, 11) is 1.72. The van der Waals surface area contributed by atoms with E-state index in [1.165, 1.54) is 6.42 Å². The summed E-state index contributed by atoms with van der Waals surface area (Å²) in [6, 6.07) is 8.26. The number of rotatable bonds is 3. The Morgan fingerprint density at radius 2 is 1.95 bits per heavy atom. The Hall–Kier alpha value is -0.860. The molecule has 2 nitrogen and oxygen atoms in total. The first-order valence-electron chi connectivity index (χ1n) is 7.66. The molecular formula is C18H26O2. The van der Waals surface area contributed by atoms with Crippen LogP contribution in [-0.2, 0) is 16.9 Å². The molecule has 0 heterocycles. The third kappa shape index (κ3) is 1.52. The Labute approximate surface area is 122 Å². The van der Waals surface area contributed by atoms with Gasteiger partial charge in [-0.15, -0.1) is 0 Å². The van der Waals surface area contributed by atoms with E-state index in [-0.39, 0.29) is 10.8 Å². The van der Waals surface area contributed by atoms with Gasteiger partial charge in [-0.05, 0) is 36.3 Å². The van der Waals surface area contributed by atoms with Crippen molar-refractivity contribution in [1.82, 2.24) is 0 Å². The van der Waals surface area contributed by atoms with Crippen LogP contribution in [0.15, 0.2) is 24.3 Å². The van der Waals surface area contributed by atoms with E-state index in [9.17, 15) is 5.11 Å². The molecule has 1 aromatic rings. The Balaban J connectivity index is 2.17. The molecule has 0 aromatic heterocycles. The molecule has 0 radical (unpaired) electrons. The highest BCUT2D eigenvalue weighted by atomic mass is 16.5. The van der Waals surface area contributed by atoms with Gasteiger partial charge in [0.2, 0.25) is 0 Å². The minimum atomic E-state index is -0.752. The molecule has 20 heavy (non-hydrogen) atoms. The predicted molar refractivity (Wildman–Crippen MR) is 80.3 cm³/mol. The molecule has 110 valence electrons. The second-order valence-electron chi connectivity index (χ2n) is 7.52. The highest BCUT2D eigenvalue weighted by Crippen LogP contribution is 2.71. The Bertz CT molecular complexity index is 515. The zero-order valence-corrected chi connectivity index (χ0v) is 13.1. The van der Waals surface area contributed by atoms with Crippen LogP contribution < -0.4 is 0 Å². The van der Waals surface area contributed by atoms with Gasteiger partial charge in [-0.3, -0.25) is 0 Å². The lowest BCUT2D eigenvalue weighted by molar-refractivity contribution is -0.151. The van der Waals surface area contributed by atoms with Crippen molar-refractivity contribution in [3.8, 4) is 0 Å². The molecule has 2 bridgehead atoms. The van der Waals surface area contributed by atoms with Gasteiger partial charge in [-0.2, -0.15) is 0 Å². The molecule has 1 N–H and O–H groups in total. The molecule has 3 rings (SSSR count). The quantitative estimate of drug-likeness (QED) is 0.906. The number of ether oxygens (including phenoxy) is 1. The van der Waals surface area contributed by atoms with Gasteiger partial charge in [0, 0.05) is 17.9 Å². The first-order chi connectivity index (χ1) is 9.37. The number of hydrogen-bond acceptors (Lipinski definition) is 2. The lowest BCUT2D eigenvalue weighted by Gasteiger charge is -2.51. The van der Waals surface area contributed by atoms with Crippen molar-refractivity contribution >= 4 is 0 Å². The van der Waals surface area contributed by atoms with Gasteiger partial charge in [0.15, 0.2) is 0 Å². The average molecular weight is 274 g/mol. The van der Waals surface area contributed by atoms with E-state index in [4.69, 9.17) is 4.74 Å². The molecule has 2 aliphatic rings. The number of methoxy groups -OCH3 is 1. The van der Waals surface area contributed by atoms with Crippen molar-refractivity contribution in [2.24, 2.45) is 16.7 Å². The molecule has 2 saturated carbocycles. The van der Waals surface area contributed by atoms with E-state index >= 15 is 0 Å². The van der Waals surface area contributed by atoms with Gasteiger partial charge in [-0.25, -0.2) is 0 Å². The Morgan fingerprint density at radius 1 is 1.25 bits per heavy atom. The van der Waals surface area contributed by atoms with Crippen molar-refractivity contribution in [3.05, 3.63) is 35.4 Å². The first kappa shape index (κ1) is 14.1. The second-order valence-corrected chi connectivity index (χ2v) is 7.52. The van der Waals surface area contributed by atoms with E-state index < -0.39 is 5.60 Å². The van der Waals surface area contributed by atoms with Crippen LogP contribution in [-0.4, -0.2) is 12.2 Å². The van der Waals surface area contributed by atoms with Crippen molar-refractivity contribution in [2.45, 2.75) is 52.2 Å². The monoisotopic (exact) mass is 274 g/mol. The molecule has 3 atom stereocenters. The SMILES string of the molecule is COCc1ccccc1[C@@]1(O)C(C)(C)[C@@H]2CC[C@@]1(C)C2. The minimum Gasteiger partial charge on any atom is -0.384 e. The normalized spacial score (nSPS) is 38.4. The number of aliphatic hydroxyl groups is 1. The highest BCUT2D eigenvalue weighted by Gasteiger charge is 2.69. The molecule has 2 heteroatoms. The van der Waals surface area contributed by atoms with Crippen LogP contribution in [0.25, 0.3) is 0 Å². The summed E-state index contributed by atoms with van der Waals surface area (Å²) in [6.45, 7) is 7.32. The molecule has 0 unspecified atom stereocenters. The van der Waals surface area contributed by atoms with Crippen LogP contribution in [0.1, 0.15) is 51.2 Å². The van der Waals surface area contributed by atoms with Gasteiger partial charge >= 0.3 is 0 Å². The fourth-order valence-electron chi connectivity index (χ4n) is 5.09. The summed E-state index contributed by atoms with van der Waals surface area (Å²) in [5.41, 5.74) is 1.36. The van der Waals surface area contributed by atoms with Crippen LogP contribution in [0.5, 0.6) is 0 Å². The van der Waals surface area contributed by atoms with E-state index in [0.717, 1.165) is 24.0 Å². The third-order valence-electron chi connectivity index (χ3n) is 6.28. The van der Waals surface area contributed by atoms with Crippen molar-refractivity contribution < 1.29 is 9.84 Å². The summed E-state index contributed by atoms with van der Waals surface area (Å²) in [4.78, 5) is 0. The fourth-order valence-corrected chi connectivity index (χ4v) is 5.09. The molecule has 2 aliphatic carbocycles. The van der Waals surface area contributed by atoms with Crippen LogP contribution >= 0.6 is 0 Å². The third-order valence-corrected chi connectivity index (χ3v) is 6.28. The maximum Gasteiger partial charge on any atom is 0.101 e. The molecular weight excluding hydrogens is 248 g/mol. The standard InChI is InChI=1S/C18H26O2/c1-16(2)14-9-10-17(3,11-14)18(16,19)15-8-6-5-7-13(15)12-20-4/h5-8,14,19H,9-12H2,1-4H3/t14-,17+,18-/m1/s1. The fraction of sp³-hybridized carbons (Fsp3) is 0.667. The predicted octanol–water partition coefficient (Wildman–Crippen LogP) is 3.87. The molecule has 0 spiro atoms. The maximum atomic E-state index is 11.8. The van der Waals surface area contributed by atoms with Gasteiger partial charge in [0.25, 0.3) is 0 Å². The largest absolute Gasteiger partial charge is 0.384 e. The summed E-state index contributed by atoms with van der Waals surface area (Å²) in [5, 5.41) is 11.8.